The number of rotatable bonds is 2. The Morgan fingerprint density at radius 1 is 1.07 bits per heavy atom. The summed E-state index contributed by atoms with van der Waals surface area (Å²) in [6.45, 7) is 0. The van der Waals surface area contributed by atoms with Gasteiger partial charge in [-0.15, -0.1) is 0 Å². The predicted octanol–water partition coefficient (Wildman–Crippen LogP) is 4.17. The van der Waals surface area contributed by atoms with E-state index in [2.05, 4.69) is 0 Å². The third-order valence-electron chi connectivity index (χ3n) is 3.14. The van der Waals surface area contributed by atoms with Crippen molar-refractivity contribution in [2.24, 2.45) is 5.92 Å². The average molecular weight is 202 g/mol. The number of allylic oxidation sites excluding steroid dienone is 1. The summed E-state index contributed by atoms with van der Waals surface area (Å²) in [6, 6.07) is 10.0. The van der Waals surface area contributed by atoms with E-state index in [0.29, 0.717) is 11.7 Å². The van der Waals surface area contributed by atoms with Gasteiger partial charge in [0.05, 0.1) is 5.76 Å². The Kier molecular flexibility index (Phi) is 3.44. The molecule has 1 aliphatic rings. The molecule has 1 N–H and O–H groups in total. The summed E-state index contributed by atoms with van der Waals surface area (Å²) < 4.78 is 0. The average Bonchev–Trinajstić information content (AvgIpc) is 2.31. The lowest BCUT2D eigenvalue weighted by molar-refractivity contribution is 0.280. The molecule has 0 bridgehead atoms. The van der Waals surface area contributed by atoms with E-state index >= 15 is 0 Å². The van der Waals surface area contributed by atoms with Gasteiger partial charge in [0.25, 0.3) is 0 Å². The fourth-order valence-corrected chi connectivity index (χ4v) is 2.24. The lowest BCUT2D eigenvalue weighted by atomic mass is 9.87. The van der Waals surface area contributed by atoms with Crippen LogP contribution < -0.4 is 0 Å². The molecule has 0 aliphatic heterocycles. The number of hydrogen-bond acceptors (Lipinski definition) is 1. The van der Waals surface area contributed by atoms with E-state index in [0.717, 1.165) is 18.4 Å². The minimum atomic E-state index is 0.402. The van der Waals surface area contributed by atoms with Crippen LogP contribution >= 0.6 is 0 Å². The van der Waals surface area contributed by atoms with Gasteiger partial charge in [0.1, 0.15) is 0 Å². The Balaban J connectivity index is 2.06. The molecule has 15 heavy (non-hydrogen) atoms. The van der Waals surface area contributed by atoms with Crippen molar-refractivity contribution >= 4 is 6.08 Å². The van der Waals surface area contributed by atoms with Crippen molar-refractivity contribution in [3.63, 3.8) is 0 Å². The molecule has 80 valence electrons. The maximum atomic E-state index is 9.99. The highest BCUT2D eigenvalue weighted by molar-refractivity contribution is 5.51. The molecule has 1 aromatic rings. The second kappa shape index (κ2) is 5.01. The van der Waals surface area contributed by atoms with Crippen molar-refractivity contribution in [2.75, 3.05) is 0 Å². The first-order chi connectivity index (χ1) is 7.36. The predicted molar refractivity (Wildman–Crippen MR) is 63.6 cm³/mol. The first-order valence-corrected chi connectivity index (χ1v) is 5.82. The minimum absolute atomic E-state index is 0.402. The highest BCUT2D eigenvalue weighted by atomic mass is 16.3. The standard InChI is InChI=1S/C14H18O/c15-14(13-9-5-2-6-10-13)11-12-7-3-1-4-8-12/h1,3-4,7-8,11,13,15H,2,5-6,9-10H2/b14-11-. The van der Waals surface area contributed by atoms with Crippen LogP contribution in [0.15, 0.2) is 36.1 Å². The molecule has 0 heterocycles. The molecule has 0 unspecified atom stereocenters. The summed E-state index contributed by atoms with van der Waals surface area (Å²) in [5.41, 5.74) is 1.10. The SMILES string of the molecule is O/C(=C\c1ccccc1)C1CCCCC1. The van der Waals surface area contributed by atoms with Crippen molar-refractivity contribution < 1.29 is 5.11 Å². The zero-order valence-electron chi connectivity index (χ0n) is 9.02. The maximum absolute atomic E-state index is 9.99. The van der Waals surface area contributed by atoms with Crippen LogP contribution in [0.3, 0.4) is 0 Å². The van der Waals surface area contributed by atoms with Crippen LogP contribution in [0.2, 0.25) is 0 Å². The van der Waals surface area contributed by atoms with Gasteiger partial charge in [0.2, 0.25) is 0 Å². The quantitative estimate of drug-likeness (QED) is 0.714. The van der Waals surface area contributed by atoms with Crippen LogP contribution in [0.25, 0.3) is 6.08 Å². The van der Waals surface area contributed by atoms with Crippen molar-refractivity contribution in [2.45, 2.75) is 32.1 Å². The van der Waals surface area contributed by atoms with Crippen molar-refractivity contribution in [1.29, 1.82) is 0 Å². The third-order valence-corrected chi connectivity index (χ3v) is 3.14. The van der Waals surface area contributed by atoms with Gasteiger partial charge < -0.3 is 5.11 Å². The maximum Gasteiger partial charge on any atom is 0.0959 e. The van der Waals surface area contributed by atoms with Gasteiger partial charge in [-0.3, -0.25) is 0 Å². The van der Waals surface area contributed by atoms with Crippen LogP contribution in [-0.4, -0.2) is 5.11 Å². The van der Waals surface area contributed by atoms with Gasteiger partial charge in [-0.2, -0.15) is 0 Å². The van der Waals surface area contributed by atoms with Crippen molar-refractivity contribution in [3.8, 4) is 0 Å². The Hall–Kier alpha value is -1.24. The summed E-state index contributed by atoms with van der Waals surface area (Å²) in [6.07, 6.45) is 8.06. The molecule has 0 amide bonds. The smallest absolute Gasteiger partial charge is 0.0959 e. The molecule has 0 atom stereocenters. The number of aliphatic hydroxyl groups is 1. The molecule has 1 fully saturated rings. The molecule has 1 aliphatic carbocycles. The van der Waals surface area contributed by atoms with E-state index in [1.165, 1.54) is 19.3 Å². The zero-order chi connectivity index (χ0) is 10.5. The fourth-order valence-electron chi connectivity index (χ4n) is 2.24. The molecular weight excluding hydrogens is 184 g/mol. The van der Waals surface area contributed by atoms with Gasteiger partial charge in [0, 0.05) is 5.92 Å². The normalized spacial score (nSPS) is 19.1. The second-order valence-electron chi connectivity index (χ2n) is 4.31. The lowest BCUT2D eigenvalue weighted by Gasteiger charge is -2.20. The Bertz CT molecular complexity index is 320. The van der Waals surface area contributed by atoms with Crippen LogP contribution in [0, 0.1) is 5.92 Å². The van der Waals surface area contributed by atoms with Crippen LogP contribution in [0.1, 0.15) is 37.7 Å². The Labute approximate surface area is 91.4 Å². The number of hydrogen-bond donors (Lipinski definition) is 1. The largest absolute Gasteiger partial charge is 0.512 e. The fraction of sp³-hybridized carbons (Fsp3) is 0.429. The zero-order valence-corrected chi connectivity index (χ0v) is 9.02. The van der Waals surface area contributed by atoms with Crippen LogP contribution in [0.5, 0.6) is 0 Å². The van der Waals surface area contributed by atoms with Gasteiger partial charge in [0.15, 0.2) is 0 Å². The molecule has 0 saturated heterocycles. The molecule has 1 nitrogen and oxygen atoms in total. The molecule has 1 aromatic carbocycles. The van der Waals surface area contributed by atoms with Gasteiger partial charge in [-0.05, 0) is 24.5 Å². The first-order valence-electron chi connectivity index (χ1n) is 5.82. The van der Waals surface area contributed by atoms with Gasteiger partial charge in [-0.1, -0.05) is 49.6 Å². The minimum Gasteiger partial charge on any atom is -0.512 e. The van der Waals surface area contributed by atoms with Crippen molar-refractivity contribution in [3.05, 3.63) is 41.7 Å². The summed E-state index contributed by atoms with van der Waals surface area (Å²) >= 11 is 0. The Morgan fingerprint density at radius 2 is 1.73 bits per heavy atom. The summed E-state index contributed by atoms with van der Waals surface area (Å²) in [7, 11) is 0. The molecule has 2 rings (SSSR count). The van der Waals surface area contributed by atoms with Crippen LogP contribution in [0.4, 0.5) is 0 Å². The van der Waals surface area contributed by atoms with E-state index in [1.54, 1.807) is 0 Å². The molecule has 0 radical (unpaired) electrons. The van der Waals surface area contributed by atoms with E-state index in [9.17, 15) is 5.11 Å². The molecule has 0 aromatic heterocycles. The Morgan fingerprint density at radius 3 is 2.40 bits per heavy atom. The topological polar surface area (TPSA) is 20.2 Å². The highest BCUT2D eigenvalue weighted by Gasteiger charge is 2.16. The first kappa shape index (κ1) is 10.3. The van der Waals surface area contributed by atoms with Crippen LogP contribution in [-0.2, 0) is 0 Å². The molecule has 1 heteroatoms. The van der Waals surface area contributed by atoms with Gasteiger partial charge in [-0.25, -0.2) is 0 Å². The van der Waals surface area contributed by atoms with E-state index < -0.39 is 0 Å². The summed E-state index contributed by atoms with van der Waals surface area (Å²) in [5, 5.41) is 9.99. The van der Waals surface area contributed by atoms with E-state index in [-0.39, 0.29) is 0 Å². The third kappa shape index (κ3) is 2.85. The van der Waals surface area contributed by atoms with E-state index in [1.807, 2.05) is 36.4 Å². The summed E-state index contributed by atoms with van der Waals surface area (Å²) in [5.74, 6) is 0.972. The van der Waals surface area contributed by atoms with E-state index in [4.69, 9.17) is 0 Å². The molecular formula is C14H18O. The monoisotopic (exact) mass is 202 g/mol. The molecule has 1 saturated carbocycles. The molecule has 0 spiro atoms. The second-order valence-corrected chi connectivity index (χ2v) is 4.31. The number of aliphatic hydroxyl groups excluding tert-OH is 1. The summed E-state index contributed by atoms with van der Waals surface area (Å²) in [4.78, 5) is 0. The number of benzene rings is 1. The van der Waals surface area contributed by atoms with Crippen molar-refractivity contribution in [1.82, 2.24) is 0 Å². The highest BCUT2D eigenvalue weighted by Crippen LogP contribution is 2.29. The lowest BCUT2D eigenvalue weighted by Crippen LogP contribution is -2.08. The van der Waals surface area contributed by atoms with Gasteiger partial charge >= 0.3 is 0 Å².